The van der Waals surface area contributed by atoms with Crippen LogP contribution in [0.4, 0.5) is 0 Å². The quantitative estimate of drug-likeness (QED) is 0.772. The standard InChI is InChI=1S/C14H16N2O/c15-7-6-11-4-5-14-13(9-11)12(10-16-14)3-1-2-8-17/h4-5,9-10,16-17H,1-3,6,8H2. The Morgan fingerprint density at radius 2 is 2.18 bits per heavy atom. The van der Waals surface area contributed by atoms with Gasteiger partial charge in [0.2, 0.25) is 0 Å². The monoisotopic (exact) mass is 228 g/mol. The summed E-state index contributed by atoms with van der Waals surface area (Å²) in [6.07, 6.45) is 5.28. The first kappa shape index (κ1) is 11.7. The van der Waals surface area contributed by atoms with Gasteiger partial charge in [0.15, 0.2) is 0 Å². The number of aromatic amines is 1. The molecule has 1 aromatic carbocycles. The van der Waals surface area contributed by atoms with E-state index in [9.17, 15) is 0 Å². The number of benzene rings is 1. The van der Waals surface area contributed by atoms with Crippen LogP contribution in [-0.4, -0.2) is 16.7 Å². The molecule has 0 amide bonds. The highest BCUT2D eigenvalue weighted by atomic mass is 16.2. The minimum atomic E-state index is 0.252. The molecule has 0 bridgehead atoms. The minimum absolute atomic E-state index is 0.252. The van der Waals surface area contributed by atoms with Crippen LogP contribution < -0.4 is 0 Å². The Bertz CT molecular complexity index is 537. The zero-order valence-electron chi connectivity index (χ0n) is 9.74. The van der Waals surface area contributed by atoms with Crippen molar-refractivity contribution < 1.29 is 5.11 Å². The number of aliphatic hydroxyl groups excluding tert-OH is 1. The fourth-order valence-corrected chi connectivity index (χ4v) is 2.06. The third-order valence-electron chi connectivity index (χ3n) is 2.97. The van der Waals surface area contributed by atoms with Crippen LogP contribution in [-0.2, 0) is 12.8 Å². The summed E-state index contributed by atoms with van der Waals surface area (Å²) in [4.78, 5) is 3.24. The van der Waals surface area contributed by atoms with Crippen molar-refractivity contribution in [3.8, 4) is 6.07 Å². The molecule has 1 heterocycles. The van der Waals surface area contributed by atoms with E-state index in [0.717, 1.165) is 30.3 Å². The molecule has 2 N–H and O–H groups in total. The smallest absolute Gasteiger partial charge is 0.0669 e. The molecular weight excluding hydrogens is 212 g/mol. The lowest BCUT2D eigenvalue weighted by Gasteiger charge is -2.00. The largest absolute Gasteiger partial charge is 0.396 e. The Labute approximate surface area is 101 Å². The number of aromatic nitrogens is 1. The molecule has 0 aliphatic carbocycles. The summed E-state index contributed by atoms with van der Waals surface area (Å²) in [5.74, 6) is 0. The molecule has 0 aliphatic rings. The van der Waals surface area contributed by atoms with Crippen LogP contribution in [0.5, 0.6) is 0 Å². The van der Waals surface area contributed by atoms with Gasteiger partial charge in [-0.25, -0.2) is 0 Å². The first-order valence-electron chi connectivity index (χ1n) is 5.92. The molecule has 2 rings (SSSR count). The van der Waals surface area contributed by atoms with Crippen molar-refractivity contribution in [1.29, 1.82) is 5.26 Å². The molecule has 3 nitrogen and oxygen atoms in total. The lowest BCUT2D eigenvalue weighted by molar-refractivity contribution is 0.284. The summed E-state index contributed by atoms with van der Waals surface area (Å²) >= 11 is 0. The fourth-order valence-electron chi connectivity index (χ4n) is 2.06. The Kier molecular flexibility index (Phi) is 3.79. The van der Waals surface area contributed by atoms with Crippen LogP contribution >= 0.6 is 0 Å². The van der Waals surface area contributed by atoms with Crippen LogP contribution in [0, 0.1) is 11.3 Å². The number of aryl methyl sites for hydroxylation is 1. The maximum absolute atomic E-state index is 8.78. The van der Waals surface area contributed by atoms with Gasteiger partial charge in [0.1, 0.15) is 0 Å². The predicted octanol–water partition coefficient (Wildman–Crippen LogP) is 2.55. The molecule has 0 saturated heterocycles. The lowest BCUT2D eigenvalue weighted by Crippen LogP contribution is -1.88. The van der Waals surface area contributed by atoms with Gasteiger partial charge >= 0.3 is 0 Å². The summed E-state index contributed by atoms with van der Waals surface area (Å²) in [6.45, 7) is 0.252. The first-order chi connectivity index (χ1) is 8.35. The molecule has 88 valence electrons. The van der Waals surface area contributed by atoms with Crippen molar-refractivity contribution in [2.75, 3.05) is 6.61 Å². The van der Waals surface area contributed by atoms with Gasteiger partial charge in [0.25, 0.3) is 0 Å². The SMILES string of the molecule is N#CCc1ccc2[nH]cc(CCCCO)c2c1. The molecule has 0 spiro atoms. The Balaban J connectivity index is 2.24. The Morgan fingerprint density at radius 1 is 1.29 bits per heavy atom. The fraction of sp³-hybridized carbons (Fsp3) is 0.357. The molecule has 1 aromatic heterocycles. The van der Waals surface area contributed by atoms with Crippen LogP contribution in [0.2, 0.25) is 0 Å². The third kappa shape index (κ3) is 2.66. The second-order valence-electron chi connectivity index (χ2n) is 4.21. The van der Waals surface area contributed by atoms with E-state index >= 15 is 0 Å². The predicted molar refractivity (Wildman–Crippen MR) is 67.6 cm³/mol. The molecule has 0 unspecified atom stereocenters. The van der Waals surface area contributed by atoms with Crippen molar-refractivity contribution >= 4 is 10.9 Å². The topological polar surface area (TPSA) is 59.8 Å². The summed E-state index contributed by atoms with van der Waals surface area (Å²) in [5.41, 5.74) is 3.45. The molecule has 0 atom stereocenters. The van der Waals surface area contributed by atoms with E-state index in [-0.39, 0.29) is 6.61 Å². The van der Waals surface area contributed by atoms with Crippen molar-refractivity contribution in [1.82, 2.24) is 4.98 Å². The molecule has 0 fully saturated rings. The van der Waals surface area contributed by atoms with Gasteiger partial charge < -0.3 is 10.1 Å². The highest BCUT2D eigenvalue weighted by molar-refractivity contribution is 5.83. The molecule has 2 aromatic rings. The number of hydrogen-bond donors (Lipinski definition) is 2. The second-order valence-corrected chi connectivity index (χ2v) is 4.21. The summed E-state index contributed by atoms with van der Waals surface area (Å²) < 4.78 is 0. The minimum Gasteiger partial charge on any atom is -0.396 e. The van der Waals surface area contributed by atoms with Gasteiger partial charge in [0.05, 0.1) is 12.5 Å². The van der Waals surface area contributed by atoms with Crippen LogP contribution in [0.15, 0.2) is 24.4 Å². The maximum Gasteiger partial charge on any atom is 0.0669 e. The van der Waals surface area contributed by atoms with E-state index in [1.165, 1.54) is 10.9 Å². The Morgan fingerprint density at radius 3 is 2.94 bits per heavy atom. The zero-order valence-corrected chi connectivity index (χ0v) is 9.74. The van der Waals surface area contributed by atoms with E-state index in [1.807, 2.05) is 18.3 Å². The maximum atomic E-state index is 8.78. The normalized spacial score (nSPS) is 10.6. The van der Waals surface area contributed by atoms with E-state index in [1.54, 1.807) is 0 Å². The number of unbranched alkanes of at least 4 members (excludes halogenated alkanes) is 1. The highest BCUT2D eigenvalue weighted by Gasteiger charge is 2.04. The van der Waals surface area contributed by atoms with Gasteiger partial charge in [-0.2, -0.15) is 5.26 Å². The average Bonchev–Trinajstić information content (AvgIpc) is 2.73. The third-order valence-corrected chi connectivity index (χ3v) is 2.97. The highest BCUT2D eigenvalue weighted by Crippen LogP contribution is 2.21. The van der Waals surface area contributed by atoms with E-state index in [4.69, 9.17) is 10.4 Å². The van der Waals surface area contributed by atoms with E-state index in [2.05, 4.69) is 17.1 Å². The summed E-state index contributed by atoms with van der Waals surface area (Å²) in [5, 5.41) is 18.7. The number of hydrogen-bond acceptors (Lipinski definition) is 2. The van der Waals surface area contributed by atoms with Crippen molar-refractivity contribution in [2.24, 2.45) is 0 Å². The number of rotatable bonds is 5. The molecule has 3 heteroatoms. The van der Waals surface area contributed by atoms with E-state index in [0.29, 0.717) is 6.42 Å². The molecular formula is C14H16N2O. The van der Waals surface area contributed by atoms with Gasteiger partial charge in [0, 0.05) is 23.7 Å². The summed E-state index contributed by atoms with van der Waals surface area (Å²) in [6, 6.07) is 8.27. The number of H-pyrrole nitrogens is 1. The van der Waals surface area contributed by atoms with Crippen molar-refractivity contribution in [3.05, 3.63) is 35.5 Å². The number of aliphatic hydroxyl groups is 1. The number of nitrogens with zero attached hydrogens (tertiary/aromatic N) is 1. The van der Waals surface area contributed by atoms with Crippen LogP contribution in [0.25, 0.3) is 10.9 Å². The zero-order chi connectivity index (χ0) is 12.1. The van der Waals surface area contributed by atoms with Crippen LogP contribution in [0.1, 0.15) is 24.0 Å². The molecule has 0 saturated carbocycles. The van der Waals surface area contributed by atoms with E-state index < -0.39 is 0 Å². The number of fused-ring (bicyclic) bond motifs is 1. The van der Waals surface area contributed by atoms with Gasteiger partial charge in [-0.1, -0.05) is 6.07 Å². The average molecular weight is 228 g/mol. The van der Waals surface area contributed by atoms with Crippen molar-refractivity contribution in [3.63, 3.8) is 0 Å². The summed E-state index contributed by atoms with van der Waals surface area (Å²) in [7, 11) is 0. The lowest BCUT2D eigenvalue weighted by atomic mass is 10.0. The number of nitrogens with one attached hydrogen (secondary N) is 1. The molecule has 17 heavy (non-hydrogen) atoms. The molecule has 0 aliphatic heterocycles. The van der Waals surface area contributed by atoms with Gasteiger partial charge in [-0.3, -0.25) is 0 Å². The molecule has 0 radical (unpaired) electrons. The first-order valence-corrected chi connectivity index (χ1v) is 5.92. The Hall–Kier alpha value is -1.79. The second kappa shape index (κ2) is 5.51. The van der Waals surface area contributed by atoms with Crippen molar-refractivity contribution in [2.45, 2.75) is 25.7 Å². The van der Waals surface area contributed by atoms with Gasteiger partial charge in [-0.15, -0.1) is 0 Å². The van der Waals surface area contributed by atoms with Crippen LogP contribution in [0.3, 0.4) is 0 Å². The number of nitriles is 1. The van der Waals surface area contributed by atoms with Gasteiger partial charge in [-0.05, 0) is 42.5 Å².